The fourth-order valence-electron chi connectivity index (χ4n) is 5.11. The first-order valence-electron chi connectivity index (χ1n) is 12.6. The molecule has 0 radical (unpaired) electrons. The van der Waals surface area contributed by atoms with Gasteiger partial charge in [0.25, 0.3) is 0 Å². The lowest BCUT2D eigenvalue weighted by molar-refractivity contribution is -0.119. The monoisotopic (exact) mass is 492 g/mol. The van der Waals surface area contributed by atoms with Crippen LogP contribution in [0.3, 0.4) is 0 Å². The van der Waals surface area contributed by atoms with Gasteiger partial charge < -0.3 is 14.8 Å². The molecule has 5 rings (SSSR count). The van der Waals surface area contributed by atoms with Crippen molar-refractivity contribution >= 4 is 23.3 Å². The quantitative estimate of drug-likeness (QED) is 0.347. The van der Waals surface area contributed by atoms with E-state index in [-0.39, 0.29) is 30.6 Å². The van der Waals surface area contributed by atoms with Gasteiger partial charge in [-0.3, -0.25) is 9.69 Å². The van der Waals surface area contributed by atoms with Crippen LogP contribution < -0.4 is 10.2 Å². The van der Waals surface area contributed by atoms with E-state index >= 15 is 0 Å². The molecular weight excluding hydrogens is 460 g/mol. The van der Waals surface area contributed by atoms with Gasteiger partial charge in [0.05, 0.1) is 17.1 Å². The summed E-state index contributed by atoms with van der Waals surface area (Å²) in [6.45, 7) is 7.76. The van der Waals surface area contributed by atoms with Gasteiger partial charge in [-0.05, 0) is 68.7 Å². The summed E-state index contributed by atoms with van der Waals surface area (Å²) in [6.07, 6.45) is 2.03. The molecule has 0 aliphatic carbocycles. The molecule has 0 fully saturated rings. The van der Waals surface area contributed by atoms with Gasteiger partial charge in [-0.15, -0.1) is 0 Å². The molecule has 1 atom stereocenters. The highest BCUT2D eigenvalue weighted by Gasteiger charge is 2.37. The number of nitrogens with zero attached hydrogens (tertiary/aromatic N) is 3. The van der Waals surface area contributed by atoms with Crippen molar-refractivity contribution in [2.24, 2.45) is 0 Å². The van der Waals surface area contributed by atoms with Gasteiger partial charge >= 0.3 is 6.03 Å². The Bertz CT molecular complexity index is 1420. The molecule has 0 saturated carbocycles. The second-order valence-electron chi connectivity index (χ2n) is 9.79. The zero-order chi connectivity index (χ0) is 26.1. The van der Waals surface area contributed by atoms with E-state index < -0.39 is 0 Å². The molecule has 3 aromatic carbocycles. The van der Waals surface area contributed by atoms with Crippen molar-refractivity contribution in [3.8, 4) is 5.69 Å². The molecule has 1 aliphatic heterocycles. The van der Waals surface area contributed by atoms with Gasteiger partial charge in [-0.25, -0.2) is 4.79 Å². The standard InChI is InChI=1S/C31H32N4O2/c1-21(2)34(31(37)32-29-22(3)12-10-13-23(29)4)20-28(36)35-26-17-9-8-16-25(26)33-19-11-18-27(33)30(35)24-14-6-5-7-15-24/h5-19,21,30H,20H2,1-4H3,(H,32,37). The third-order valence-electron chi connectivity index (χ3n) is 7.01. The number of aromatic nitrogens is 1. The summed E-state index contributed by atoms with van der Waals surface area (Å²) in [7, 11) is 0. The number of rotatable bonds is 5. The fraction of sp³-hybridized carbons (Fsp3) is 0.226. The van der Waals surface area contributed by atoms with E-state index in [1.54, 1.807) is 4.90 Å². The van der Waals surface area contributed by atoms with Crippen molar-refractivity contribution in [1.29, 1.82) is 0 Å². The summed E-state index contributed by atoms with van der Waals surface area (Å²) in [6, 6.07) is 27.2. The molecule has 37 heavy (non-hydrogen) atoms. The van der Waals surface area contributed by atoms with Crippen molar-refractivity contribution < 1.29 is 9.59 Å². The molecular formula is C31H32N4O2. The zero-order valence-electron chi connectivity index (χ0n) is 21.7. The van der Waals surface area contributed by atoms with E-state index in [1.807, 2.05) is 118 Å². The lowest BCUT2D eigenvalue weighted by atomic mass is 9.97. The van der Waals surface area contributed by atoms with Crippen LogP contribution in [0.2, 0.25) is 0 Å². The van der Waals surface area contributed by atoms with Crippen LogP contribution in [-0.2, 0) is 4.79 Å². The molecule has 0 bridgehead atoms. The van der Waals surface area contributed by atoms with E-state index in [4.69, 9.17) is 0 Å². The van der Waals surface area contributed by atoms with Crippen molar-refractivity contribution in [2.45, 2.75) is 39.8 Å². The van der Waals surface area contributed by atoms with Gasteiger partial charge in [-0.1, -0.05) is 60.7 Å². The first-order chi connectivity index (χ1) is 17.9. The number of urea groups is 1. The summed E-state index contributed by atoms with van der Waals surface area (Å²) in [5, 5.41) is 3.05. The van der Waals surface area contributed by atoms with Crippen LogP contribution in [0.5, 0.6) is 0 Å². The molecule has 1 N–H and O–H groups in total. The topological polar surface area (TPSA) is 57.6 Å². The molecule has 3 amide bonds. The Balaban J connectivity index is 1.51. The molecule has 1 aliphatic rings. The molecule has 188 valence electrons. The largest absolute Gasteiger partial charge is 0.322 e. The predicted molar refractivity (Wildman–Crippen MR) is 148 cm³/mol. The smallest absolute Gasteiger partial charge is 0.316 e. The molecule has 0 saturated heterocycles. The number of para-hydroxylation sites is 3. The number of fused-ring (bicyclic) bond motifs is 3. The number of hydrogen-bond donors (Lipinski definition) is 1. The fourth-order valence-corrected chi connectivity index (χ4v) is 5.11. The summed E-state index contributed by atoms with van der Waals surface area (Å²) in [5.41, 5.74) is 6.55. The van der Waals surface area contributed by atoms with Gasteiger partial charge in [0.1, 0.15) is 12.6 Å². The highest BCUT2D eigenvalue weighted by Crippen LogP contribution is 2.42. The first kappa shape index (κ1) is 24.4. The van der Waals surface area contributed by atoms with E-state index in [0.29, 0.717) is 0 Å². The van der Waals surface area contributed by atoms with Crippen LogP contribution in [0.1, 0.15) is 42.3 Å². The Kier molecular flexibility index (Phi) is 6.57. The maximum Gasteiger partial charge on any atom is 0.322 e. The van der Waals surface area contributed by atoms with Gasteiger partial charge in [0.15, 0.2) is 0 Å². The zero-order valence-corrected chi connectivity index (χ0v) is 21.7. The minimum absolute atomic E-state index is 0.0488. The van der Waals surface area contributed by atoms with Crippen molar-refractivity contribution in [2.75, 3.05) is 16.8 Å². The summed E-state index contributed by atoms with van der Waals surface area (Å²) < 4.78 is 2.14. The molecule has 1 unspecified atom stereocenters. The van der Waals surface area contributed by atoms with E-state index in [1.165, 1.54) is 0 Å². The number of benzene rings is 3. The number of amides is 3. The van der Waals surface area contributed by atoms with Crippen molar-refractivity contribution in [3.05, 3.63) is 114 Å². The maximum absolute atomic E-state index is 14.2. The Labute approximate surface area is 218 Å². The van der Waals surface area contributed by atoms with Crippen LogP contribution in [0.25, 0.3) is 5.69 Å². The summed E-state index contributed by atoms with van der Waals surface area (Å²) >= 11 is 0. The first-order valence-corrected chi connectivity index (χ1v) is 12.6. The molecule has 0 spiro atoms. The van der Waals surface area contributed by atoms with Crippen LogP contribution in [-0.4, -0.2) is 34.0 Å². The molecule has 6 heteroatoms. The Morgan fingerprint density at radius 2 is 1.49 bits per heavy atom. The highest BCUT2D eigenvalue weighted by atomic mass is 16.2. The van der Waals surface area contributed by atoms with Crippen LogP contribution in [0, 0.1) is 13.8 Å². The number of nitrogens with one attached hydrogen (secondary N) is 1. The predicted octanol–water partition coefficient (Wildman–Crippen LogP) is 6.47. The SMILES string of the molecule is Cc1cccc(C)c1NC(=O)N(CC(=O)N1c2ccccc2-n2cccc2C1c1ccccc1)C(C)C. The molecule has 6 nitrogen and oxygen atoms in total. The number of carbonyl (C=O) groups is 2. The number of hydrogen-bond acceptors (Lipinski definition) is 2. The normalized spacial score (nSPS) is 14.2. The molecule has 4 aromatic rings. The lowest BCUT2D eigenvalue weighted by Gasteiger charge is -2.40. The number of anilines is 2. The minimum atomic E-state index is -0.311. The third-order valence-corrected chi connectivity index (χ3v) is 7.01. The minimum Gasteiger partial charge on any atom is -0.316 e. The van der Waals surface area contributed by atoms with Crippen LogP contribution in [0.15, 0.2) is 91.1 Å². The average molecular weight is 493 g/mol. The lowest BCUT2D eigenvalue weighted by Crippen LogP contribution is -2.49. The molecule has 1 aromatic heterocycles. The number of carbonyl (C=O) groups excluding carboxylic acids is 2. The van der Waals surface area contributed by atoms with Gasteiger partial charge in [0, 0.05) is 17.9 Å². The second kappa shape index (κ2) is 9.97. The van der Waals surface area contributed by atoms with Gasteiger partial charge in [-0.2, -0.15) is 0 Å². The maximum atomic E-state index is 14.2. The highest BCUT2D eigenvalue weighted by molar-refractivity contribution is 6.01. The van der Waals surface area contributed by atoms with Crippen LogP contribution in [0.4, 0.5) is 16.2 Å². The van der Waals surface area contributed by atoms with Crippen molar-refractivity contribution in [3.63, 3.8) is 0 Å². The van der Waals surface area contributed by atoms with E-state index in [0.717, 1.165) is 39.4 Å². The van der Waals surface area contributed by atoms with Gasteiger partial charge in [0.2, 0.25) is 5.91 Å². The Morgan fingerprint density at radius 3 is 2.16 bits per heavy atom. The van der Waals surface area contributed by atoms with E-state index in [2.05, 4.69) is 16.0 Å². The van der Waals surface area contributed by atoms with Crippen LogP contribution >= 0.6 is 0 Å². The number of aryl methyl sites for hydroxylation is 2. The average Bonchev–Trinajstić information content (AvgIpc) is 3.39. The summed E-state index contributed by atoms with van der Waals surface area (Å²) in [5.74, 6) is -0.140. The third kappa shape index (κ3) is 4.51. The summed E-state index contributed by atoms with van der Waals surface area (Å²) in [4.78, 5) is 31.1. The van der Waals surface area contributed by atoms with Crippen molar-refractivity contribution in [1.82, 2.24) is 9.47 Å². The Morgan fingerprint density at radius 1 is 0.838 bits per heavy atom. The second-order valence-corrected chi connectivity index (χ2v) is 9.79. The Hall–Kier alpha value is -4.32. The molecule has 2 heterocycles. The van der Waals surface area contributed by atoms with E-state index in [9.17, 15) is 9.59 Å².